The number of aryl methyl sites for hydroxylation is 1. The molecule has 4 aromatic rings. The predicted octanol–water partition coefficient (Wildman–Crippen LogP) is 5.67. The first-order chi connectivity index (χ1) is 12.2. The van der Waals surface area contributed by atoms with Gasteiger partial charge < -0.3 is 0 Å². The van der Waals surface area contributed by atoms with E-state index in [1.54, 1.807) is 11.8 Å². The van der Waals surface area contributed by atoms with Crippen LogP contribution in [0.5, 0.6) is 0 Å². The third-order valence-corrected chi connectivity index (χ3v) is 5.35. The van der Waals surface area contributed by atoms with Crippen LogP contribution in [0.2, 0.25) is 5.02 Å². The van der Waals surface area contributed by atoms with E-state index in [4.69, 9.17) is 11.6 Å². The summed E-state index contributed by atoms with van der Waals surface area (Å²) in [7, 11) is 0. The lowest BCUT2D eigenvalue weighted by molar-refractivity contribution is 0.868. The van der Waals surface area contributed by atoms with Crippen molar-refractivity contribution in [3.63, 3.8) is 0 Å². The number of fused-ring (bicyclic) bond motifs is 1. The Hall–Kier alpha value is -2.30. The molecule has 0 aliphatic rings. The van der Waals surface area contributed by atoms with Crippen LogP contribution in [-0.4, -0.2) is 14.8 Å². The molecular formula is C20H16ClN3S. The van der Waals surface area contributed by atoms with Gasteiger partial charge in [0.25, 0.3) is 0 Å². The number of hydrogen-bond donors (Lipinski definition) is 0. The molecule has 25 heavy (non-hydrogen) atoms. The van der Waals surface area contributed by atoms with Gasteiger partial charge in [-0.25, -0.2) is 0 Å². The van der Waals surface area contributed by atoms with Crippen LogP contribution in [0.1, 0.15) is 11.4 Å². The molecule has 124 valence electrons. The summed E-state index contributed by atoms with van der Waals surface area (Å²) in [5.74, 6) is 1.70. The fraction of sp³-hybridized carbons (Fsp3) is 0.100. The third-order valence-electron chi connectivity index (χ3n) is 4.12. The zero-order valence-corrected chi connectivity index (χ0v) is 15.3. The van der Waals surface area contributed by atoms with Crippen molar-refractivity contribution in [2.45, 2.75) is 17.8 Å². The van der Waals surface area contributed by atoms with Gasteiger partial charge in [-0.05, 0) is 47.5 Å². The van der Waals surface area contributed by atoms with Gasteiger partial charge in [-0.1, -0.05) is 65.8 Å². The molecule has 0 saturated heterocycles. The first-order valence-corrected chi connectivity index (χ1v) is 9.36. The van der Waals surface area contributed by atoms with Gasteiger partial charge in [0.1, 0.15) is 5.82 Å². The number of nitrogens with zero attached hydrogens (tertiary/aromatic N) is 3. The number of rotatable bonds is 4. The summed E-state index contributed by atoms with van der Waals surface area (Å²) in [6.07, 6.45) is 0. The average Bonchev–Trinajstić information content (AvgIpc) is 3.01. The van der Waals surface area contributed by atoms with Gasteiger partial charge in [-0.2, -0.15) is 0 Å². The lowest BCUT2D eigenvalue weighted by Gasteiger charge is -2.09. The summed E-state index contributed by atoms with van der Waals surface area (Å²) >= 11 is 7.69. The summed E-state index contributed by atoms with van der Waals surface area (Å²) in [4.78, 5) is 0. The standard InChI is InChI=1S/C20H16ClN3S/c1-14-22-23-20(24(14)18-11-9-17(21)10-12-18)25-13-16-7-4-6-15-5-2-3-8-19(15)16/h2-12H,13H2,1H3. The van der Waals surface area contributed by atoms with Crippen molar-refractivity contribution in [1.29, 1.82) is 0 Å². The first-order valence-electron chi connectivity index (χ1n) is 8.00. The van der Waals surface area contributed by atoms with Crippen molar-refractivity contribution in [2.75, 3.05) is 0 Å². The maximum Gasteiger partial charge on any atom is 0.196 e. The zero-order valence-electron chi connectivity index (χ0n) is 13.7. The molecule has 1 heterocycles. The van der Waals surface area contributed by atoms with E-state index >= 15 is 0 Å². The van der Waals surface area contributed by atoms with Crippen LogP contribution in [0.15, 0.2) is 71.9 Å². The van der Waals surface area contributed by atoms with Crippen LogP contribution in [0.4, 0.5) is 0 Å². The molecule has 3 aromatic carbocycles. The van der Waals surface area contributed by atoms with E-state index in [1.807, 2.05) is 31.2 Å². The van der Waals surface area contributed by atoms with Crippen LogP contribution in [0.25, 0.3) is 16.5 Å². The van der Waals surface area contributed by atoms with Gasteiger partial charge in [0.15, 0.2) is 5.16 Å². The lowest BCUT2D eigenvalue weighted by atomic mass is 10.1. The Morgan fingerprint density at radius 3 is 2.52 bits per heavy atom. The van der Waals surface area contributed by atoms with Gasteiger partial charge >= 0.3 is 0 Å². The topological polar surface area (TPSA) is 30.7 Å². The first kappa shape index (κ1) is 16.2. The van der Waals surface area contributed by atoms with E-state index in [1.165, 1.54) is 16.3 Å². The monoisotopic (exact) mass is 365 g/mol. The maximum atomic E-state index is 6.00. The van der Waals surface area contributed by atoms with Crippen molar-refractivity contribution in [3.05, 3.63) is 83.1 Å². The number of aromatic nitrogens is 3. The number of thioether (sulfide) groups is 1. The molecule has 1 aromatic heterocycles. The normalized spacial score (nSPS) is 11.1. The largest absolute Gasteiger partial charge is 0.274 e. The van der Waals surface area contributed by atoms with Gasteiger partial charge in [-0.3, -0.25) is 4.57 Å². The van der Waals surface area contributed by atoms with E-state index in [-0.39, 0.29) is 0 Å². The molecule has 0 aliphatic heterocycles. The molecule has 0 atom stereocenters. The predicted molar refractivity (Wildman–Crippen MR) is 105 cm³/mol. The molecule has 3 nitrogen and oxygen atoms in total. The second kappa shape index (κ2) is 6.90. The molecule has 0 amide bonds. The fourth-order valence-corrected chi connectivity index (χ4v) is 4.01. The van der Waals surface area contributed by atoms with Crippen molar-refractivity contribution in [2.24, 2.45) is 0 Å². The van der Waals surface area contributed by atoms with Crippen LogP contribution in [0.3, 0.4) is 0 Å². The molecule has 0 N–H and O–H groups in total. The van der Waals surface area contributed by atoms with Crippen LogP contribution >= 0.6 is 23.4 Å². The number of benzene rings is 3. The summed E-state index contributed by atoms with van der Waals surface area (Å²) < 4.78 is 2.06. The quantitative estimate of drug-likeness (QED) is 0.436. The Morgan fingerprint density at radius 1 is 0.920 bits per heavy atom. The number of halogens is 1. The van der Waals surface area contributed by atoms with Crippen LogP contribution in [0, 0.1) is 6.92 Å². The molecule has 0 aliphatic carbocycles. The minimum atomic E-state index is 0.722. The zero-order chi connectivity index (χ0) is 17.2. The van der Waals surface area contributed by atoms with E-state index in [9.17, 15) is 0 Å². The van der Waals surface area contributed by atoms with Gasteiger partial charge in [-0.15, -0.1) is 10.2 Å². The lowest BCUT2D eigenvalue weighted by Crippen LogP contribution is -1.99. The summed E-state index contributed by atoms with van der Waals surface area (Å²) in [6.45, 7) is 1.96. The van der Waals surface area contributed by atoms with Crippen molar-refractivity contribution in [3.8, 4) is 5.69 Å². The molecule has 0 radical (unpaired) electrons. The van der Waals surface area contributed by atoms with E-state index in [0.29, 0.717) is 0 Å². The van der Waals surface area contributed by atoms with Crippen molar-refractivity contribution >= 4 is 34.1 Å². The van der Waals surface area contributed by atoms with E-state index < -0.39 is 0 Å². The average molecular weight is 366 g/mol. The smallest absolute Gasteiger partial charge is 0.196 e. The van der Waals surface area contributed by atoms with Crippen LogP contribution in [-0.2, 0) is 5.75 Å². The molecule has 0 bridgehead atoms. The maximum absolute atomic E-state index is 6.00. The SMILES string of the molecule is Cc1nnc(SCc2cccc3ccccc23)n1-c1ccc(Cl)cc1. The van der Waals surface area contributed by atoms with Gasteiger partial charge in [0, 0.05) is 16.5 Å². The Labute approximate surface area is 155 Å². The second-order valence-corrected chi connectivity index (χ2v) is 7.15. The molecule has 0 saturated carbocycles. The Morgan fingerprint density at radius 2 is 1.68 bits per heavy atom. The highest BCUT2D eigenvalue weighted by atomic mass is 35.5. The Kier molecular flexibility index (Phi) is 4.47. The van der Waals surface area contributed by atoms with E-state index in [0.717, 1.165) is 27.4 Å². The molecule has 4 rings (SSSR count). The molecule has 0 fully saturated rings. The second-order valence-electron chi connectivity index (χ2n) is 5.77. The summed E-state index contributed by atoms with van der Waals surface area (Å²) in [5.41, 5.74) is 2.32. The highest BCUT2D eigenvalue weighted by molar-refractivity contribution is 7.98. The Balaban J connectivity index is 1.65. The molecule has 0 unspecified atom stereocenters. The Bertz CT molecular complexity index is 1020. The molecular weight excluding hydrogens is 350 g/mol. The minimum Gasteiger partial charge on any atom is -0.274 e. The van der Waals surface area contributed by atoms with Crippen LogP contribution < -0.4 is 0 Å². The summed E-state index contributed by atoms with van der Waals surface area (Å²) in [6, 6.07) is 22.6. The molecule has 0 spiro atoms. The highest BCUT2D eigenvalue weighted by Crippen LogP contribution is 2.28. The molecule has 5 heteroatoms. The summed E-state index contributed by atoms with van der Waals surface area (Å²) in [5, 5.41) is 12.7. The minimum absolute atomic E-state index is 0.722. The van der Waals surface area contributed by atoms with Crippen molar-refractivity contribution in [1.82, 2.24) is 14.8 Å². The van der Waals surface area contributed by atoms with Gasteiger partial charge in [0.05, 0.1) is 0 Å². The number of hydrogen-bond acceptors (Lipinski definition) is 3. The third kappa shape index (κ3) is 3.28. The van der Waals surface area contributed by atoms with Crippen molar-refractivity contribution < 1.29 is 0 Å². The highest BCUT2D eigenvalue weighted by Gasteiger charge is 2.12. The fourth-order valence-electron chi connectivity index (χ4n) is 2.88. The van der Waals surface area contributed by atoms with E-state index in [2.05, 4.69) is 57.2 Å². The van der Waals surface area contributed by atoms with Gasteiger partial charge in [0.2, 0.25) is 0 Å².